The molecule has 0 aliphatic rings. The molecule has 0 bridgehead atoms. The van der Waals surface area contributed by atoms with Gasteiger partial charge in [-0.2, -0.15) is 5.26 Å². The molecule has 1 heterocycles. The maximum Gasteiger partial charge on any atom is 0.160 e. The fourth-order valence-electron chi connectivity index (χ4n) is 4.07. The molecule has 1 atom stereocenters. The van der Waals surface area contributed by atoms with E-state index in [9.17, 15) is 5.26 Å². The van der Waals surface area contributed by atoms with E-state index in [1.165, 1.54) is 43.2 Å². The number of aryl methyl sites for hydroxylation is 2. The van der Waals surface area contributed by atoms with Crippen molar-refractivity contribution in [2.45, 2.75) is 78.1 Å². The number of nitriles is 1. The molecule has 3 rings (SSSR count). The van der Waals surface area contributed by atoms with Gasteiger partial charge in [0.15, 0.2) is 5.82 Å². The van der Waals surface area contributed by atoms with E-state index in [1.54, 1.807) is 0 Å². The lowest BCUT2D eigenvalue weighted by molar-refractivity contribution is 0.714. The first kappa shape index (κ1) is 23.7. The number of hydrogen-bond acceptors (Lipinski definition) is 3. The van der Waals surface area contributed by atoms with Crippen LogP contribution in [0.25, 0.3) is 11.4 Å². The zero-order chi connectivity index (χ0) is 22.8. The Morgan fingerprint density at radius 3 is 1.97 bits per heavy atom. The van der Waals surface area contributed by atoms with Crippen molar-refractivity contribution < 1.29 is 0 Å². The third-order valence-corrected chi connectivity index (χ3v) is 6.23. The van der Waals surface area contributed by atoms with Gasteiger partial charge < -0.3 is 0 Å². The summed E-state index contributed by atoms with van der Waals surface area (Å²) >= 11 is 0. The Morgan fingerprint density at radius 2 is 1.38 bits per heavy atom. The molecule has 2 aromatic carbocycles. The highest BCUT2D eigenvalue weighted by Gasteiger charge is 2.14. The average molecular weight is 426 g/mol. The van der Waals surface area contributed by atoms with Gasteiger partial charge in [-0.25, -0.2) is 9.97 Å². The summed E-state index contributed by atoms with van der Waals surface area (Å²) < 4.78 is 0. The molecule has 32 heavy (non-hydrogen) atoms. The number of rotatable bonds is 11. The molecule has 0 amide bonds. The molecule has 0 aliphatic heterocycles. The largest absolute Gasteiger partial charge is 0.236 e. The fraction of sp³-hybridized carbons (Fsp3) is 0.414. The minimum atomic E-state index is 0.225. The Balaban J connectivity index is 1.74. The molecule has 0 N–H and O–H groups in total. The first-order valence-corrected chi connectivity index (χ1v) is 12.1. The van der Waals surface area contributed by atoms with E-state index in [1.807, 2.05) is 24.5 Å². The topological polar surface area (TPSA) is 49.6 Å². The van der Waals surface area contributed by atoms with Gasteiger partial charge in [0.2, 0.25) is 0 Å². The maximum atomic E-state index is 9.79. The highest BCUT2D eigenvalue weighted by molar-refractivity contribution is 5.65. The number of unbranched alkanes of at least 4 members (excludes halogenated alkanes) is 4. The highest BCUT2D eigenvalue weighted by atomic mass is 14.9. The van der Waals surface area contributed by atoms with Gasteiger partial charge >= 0.3 is 0 Å². The van der Waals surface area contributed by atoms with Crippen molar-refractivity contribution in [2.75, 3.05) is 0 Å². The van der Waals surface area contributed by atoms with Gasteiger partial charge in [-0.1, -0.05) is 76.8 Å². The zero-order valence-electron chi connectivity index (χ0n) is 19.8. The molecule has 1 aromatic heterocycles. The molecule has 166 valence electrons. The van der Waals surface area contributed by atoms with Crippen LogP contribution in [0, 0.1) is 11.3 Å². The van der Waals surface area contributed by atoms with Crippen LogP contribution in [0.15, 0.2) is 54.9 Å². The van der Waals surface area contributed by atoms with Crippen LogP contribution in [0.1, 0.15) is 93.0 Å². The van der Waals surface area contributed by atoms with E-state index >= 15 is 0 Å². The second-order valence-electron chi connectivity index (χ2n) is 8.71. The SMILES string of the molecule is CCCCCc1ccc(C(C)c2ccc(-c3ncc(CCCCC)cn3)c(C#N)c2)cc1. The van der Waals surface area contributed by atoms with E-state index in [0.29, 0.717) is 11.4 Å². The van der Waals surface area contributed by atoms with Gasteiger partial charge in [0, 0.05) is 23.9 Å². The molecule has 3 nitrogen and oxygen atoms in total. The molecule has 1 unspecified atom stereocenters. The summed E-state index contributed by atoms with van der Waals surface area (Å²) in [5.74, 6) is 0.846. The van der Waals surface area contributed by atoms with Gasteiger partial charge in [0.05, 0.1) is 11.6 Å². The number of benzene rings is 2. The molecule has 0 saturated heterocycles. The Kier molecular flexibility index (Phi) is 8.99. The van der Waals surface area contributed by atoms with Crippen LogP contribution < -0.4 is 0 Å². The second-order valence-corrected chi connectivity index (χ2v) is 8.71. The number of nitrogens with zero attached hydrogens (tertiary/aromatic N) is 3. The van der Waals surface area contributed by atoms with Crippen LogP contribution in [0.3, 0.4) is 0 Å². The Bertz CT molecular complexity index is 1010. The molecule has 3 aromatic rings. The van der Waals surface area contributed by atoms with Crippen LogP contribution in [0.5, 0.6) is 0 Å². The summed E-state index contributed by atoms with van der Waals surface area (Å²) in [5, 5.41) is 9.79. The standard InChI is InChI=1S/C29H35N3/c1-4-6-8-10-23-12-14-25(15-13-23)22(3)26-16-17-28(27(18-26)19-30)29-31-20-24(21-32-29)11-9-7-5-2/h12-18,20-22H,4-11H2,1-3H3. The monoisotopic (exact) mass is 425 g/mol. The van der Waals surface area contributed by atoms with Crippen molar-refractivity contribution >= 4 is 0 Å². The van der Waals surface area contributed by atoms with Gasteiger partial charge in [-0.15, -0.1) is 0 Å². The van der Waals surface area contributed by atoms with E-state index in [2.05, 4.69) is 67.1 Å². The Hall–Kier alpha value is -2.99. The highest BCUT2D eigenvalue weighted by Crippen LogP contribution is 2.29. The van der Waals surface area contributed by atoms with Crippen LogP contribution in [0.4, 0.5) is 0 Å². The Morgan fingerprint density at radius 1 is 0.781 bits per heavy atom. The summed E-state index contributed by atoms with van der Waals surface area (Å²) in [6.45, 7) is 6.64. The van der Waals surface area contributed by atoms with Gasteiger partial charge in [0.25, 0.3) is 0 Å². The van der Waals surface area contributed by atoms with Crippen LogP contribution in [0.2, 0.25) is 0 Å². The first-order valence-electron chi connectivity index (χ1n) is 12.1. The molecule has 0 spiro atoms. The lowest BCUT2D eigenvalue weighted by Gasteiger charge is -2.15. The normalized spacial score (nSPS) is 11.8. The zero-order valence-corrected chi connectivity index (χ0v) is 19.8. The molecule has 0 saturated carbocycles. The van der Waals surface area contributed by atoms with Crippen molar-refractivity contribution in [3.05, 3.63) is 82.7 Å². The predicted molar refractivity (Wildman–Crippen MR) is 133 cm³/mol. The van der Waals surface area contributed by atoms with Crippen molar-refractivity contribution in [3.63, 3.8) is 0 Å². The summed E-state index contributed by atoms with van der Waals surface area (Å²) in [7, 11) is 0. The molecule has 3 heteroatoms. The minimum Gasteiger partial charge on any atom is -0.236 e. The lowest BCUT2D eigenvalue weighted by atomic mass is 9.90. The van der Waals surface area contributed by atoms with Crippen LogP contribution >= 0.6 is 0 Å². The molecule has 0 aliphatic carbocycles. The maximum absolute atomic E-state index is 9.79. The summed E-state index contributed by atoms with van der Waals surface area (Å²) in [6.07, 6.45) is 13.3. The number of hydrogen-bond donors (Lipinski definition) is 0. The molecular formula is C29H35N3. The summed E-state index contributed by atoms with van der Waals surface area (Å²) in [5.41, 5.74) is 6.40. The van der Waals surface area contributed by atoms with E-state index in [-0.39, 0.29) is 5.92 Å². The average Bonchev–Trinajstić information content (AvgIpc) is 2.84. The van der Waals surface area contributed by atoms with Crippen LogP contribution in [-0.4, -0.2) is 9.97 Å². The van der Waals surface area contributed by atoms with Crippen molar-refractivity contribution in [3.8, 4) is 17.5 Å². The predicted octanol–water partition coefficient (Wildman–Crippen LogP) is 7.63. The van der Waals surface area contributed by atoms with Crippen molar-refractivity contribution in [1.82, 2.24) is 9.97 Å². The van der Waals surface area contributed by atoms with E-state index in [0.717, 1.165) is 36.0 Å². The van der Waals surface area contributed by atoms with Crippen LogP contribution in [-0.2, 0) is 12.8 Å². The first-order chi connectivity index (χ1) is 15.7. The van der Waals surface area contributed by atoms with E-state index < -0.39 is 0 Å². The third kappa shape index (κ3) is 6.26. The molecular weight excluding hydrogens is 390 g/mol. The lowest BCUT2D eigenvalue weighted by Crippen LogP contribution is -2.00. The smallest absolute Gasteiger partial charge is 0.160 e. The second kappa shape index (κ2) is 12.2. The van der Waals surface area contributed by atoms with Crippen molar-refractivity contribution in [1.29, 1.82) is 5.26 Å². The molecule has 0 fully saturated rings. The summed E-state index contributed by atoms with van der Waals surface area (Å²) in [6, 6.07) is 17.4. The van der Waals surface area contributed by atoms with Gasteiger partial charge in [0.1, 0.15) is 0 Å². The number of aromatic nitrogens is 2. The summed E-state index contributed by atoms with van der Waals surface area (Å²) in [4.78, 5) is 9.09. The Labute approximate surface area is 193 Å². The fourth-order valence-corrected chi connectivity index (χ4v) is 4.07. The minimum absolute atomic E-state index is 0.225. The van der Waals surface area contributed by atoms with E-state index in [4.69, 9.17) is 0 Å². The van der Waals surface area contributed by atoms with Gasteiger partial charge in [-0.3, -0.25) is 0 Å². The quantitative estimate of drug-likeness (QED) is 0.297. The van der Waals surface area contributed by atoms with Gasteiger partial charge in [-0.05, 0) is 60.1 Å². The third-order valence-electron chi connectivity index (χ3n) is 6.23. The molecule has 0 radical (unpaired) electrons. The van der Waals surface area contributed by atoms with Crippen molar-refractivity contribution in [2.24, 2.45) is 0 Å².